The average molecular weight is 604 g/mol. The van der Waals surface area contributed by atoms with Gasteiger partial charge in [-0.25, -0.2) is 4.79 Å². The number of allylic oxidation sites excluding steroid dienone is 3. The lowest BCUT2D eigenvalue weighted by Gasteiger charge is -2.34. The first-order chi connectivity index (χ1) is 19.7. The SMILES string of the molecule is CCN(CC1CCC(CC(=O)O)CC1)c1cccnc1CN1C(=O)O[C@H](C2C=C(C(F)(F)F)C=C(C(F)(F)F)C2)[C@@H]1C. The number of carboxylic acids is 1. The van der Waals surface area contributed by atoms with Crippen molar-refractivity contribution in [2.45, 2.75) is 83.4 Å². The van der Waals surface area contributed by atoms with Gasteiger partial charge in [-0.3, -0.25) is 14.7 Å². The highest BCUT2D eigenvalue weighted by atomic mass is 19.4. The number of amides is 1. The van der Waals surface area contributed by atoms with Crippen LogP contribution in [0.15, 0.2) is 41.6 Å². The molecule has 2 aliphatic carbocycles. The summed E-state index contributed by atoms with van der Waals surface area (Å²) >= 11 is 0. The van der Waals surface area contributed by atoms with E-state index in [-0.39, 0.29) is 25.0 Å². The predicted octanol–water partition coefficient (Wildman–Crippen LogP) is 6.90. The van der Waals surface area contributed by atoms with Crippen molar-refractivity contribution in [2.24, 2.45) is 17.8 Å². The third-order valence-corrected chi connectivity index (χ3v) is 8.55. The maximum absolute atomic E-state index is 13.5. The molecule has 1 saturated carbocycles. The van der Waals surface area contributed by atoms with E-state index in [1.165, 1.54) is 4.90 Å². The fourth-order valence-electron chi connectivity index (χ4n) is 6.28. The zero-order valence-electron chi connectivity index (χ0n) is 23.4. The van der Waals surface area contributed by atoms with E-state index in [0.29, 0.717) is 24.7 Å². The van der Waals surface area contributed by atoms with E-state index in [2.05, 4.69) is 9.88 Å². The summed E-state index contributed by atoms with van der Waals surface area (Å²) in [5.74, 6) is -1.57. The number of alkyl halides is 6. The molecule has 1 aliphatic heterocycles. The monoisotopic (exact) mass is 603 g/mol. The Morgan fingerprint density at radius 2 is 1.79 bits per heavy atom. The van der Waals surface area contributed by atoms with Crippen LogP contribution in [0.1, 0.15) is 58.1 Å². The van der Waals surface area contributed by atoms with Gasteiger partial charge < -0.3 is 14.7 Å². The van der Waals surface area contributed by atoms with Gasteiger partial charge in [-0.15, -0.1) is 0 Å². The van der Waals surface area contributed by atoms with Gasteiger partial charge in [-0.05, 0) is 76.0 Å². The Morgan fingerprint density at radius 1 is 1.12 bits per heavy atom. The Labute approximate surface area is 240 Å². The van der Waals surface area contributed by atoms with Gasteiger partial charge >= 0.3 is 24.4 Å². The Morgan fingerprint density at radius 3 is 2.38 bits per heavy atom. The number of pyridine rings is 1. The molecule has 0 bridgehead atoms. The van der Waals surface area contributed by atoms with E-state index in [1.54, 1.807) is 19.2 Å². The molecule has 1 aromatic rings. The molecule has 0 aromatic carbocycles. The number of ether oxygens (including phenoxy) is 1. The molecule has 0 radical (unpaired) electrons. The molecule has 2 heterocycles. The number of aliphatic carboxylic acids is 1. The van der Waals surface area contributed by atoms with Gasteiger partial charge in [-0.1, -0.05) is 6.08 Å². The summed E-state index contributed by atoms with van der Waals surface area (Å²) in [5.41, 5.74) is -1.41. The van der Waals surface area contributed by atoms with Gasteiger partial charge in [0.05, 0.1) is 29.5 Å². The number of carboxylic acid groups (broad SMARTS) is 1. The van der Waals surface area contributed by atoms with Crippen molar-refractivity contribution < 1.29 is 45.8 Å². The van der Waals surface area contributed by atoms with Crippen LogP contribution in [0.3, 0.4) is 0 Å². The molecule has 42 heavy (non-hydrogen) atoms. The second-order valence-corrected chi connectivity index (χ2v) is 11.4. The summed E-state index contributed by atoms with van der Waals surface area (Å²) in [6.45, 7) is 4.85. The molecule has 1 amide bonds. The van der Waals surface area contributed by atoms with E-state index >= 15 is 0 Å². The molecule has 2 fully saturated rings. The number of aromatic nitrogens is 1. The third-order valence-electron chi connectivity index (χ3n) is 8.55. The quantitative estimate of drug-likeness (QED) is 0.310. The average Bonchev–Trinajstić information content (AvgIpc) is 3.20. The van der Waals surface area contributed by atoms with Crippen LogP contribution in [0.4, 0.5) is 36.8 Å². The number of hydrogen-bond donors (Lipinski definition) is 1. The molecule has 1 aromatic heterocycles. The number of carbonyl (C=O) groups excluding carboxylic acids is 1. The predicted molar refractivity (Wildman–Crippen MR) is 141 cm³/mol. The van der Waals surface area contributed by atoms with Crippen molar-refractivity contribution in [1.82, 2.24) is 9.88 Å². The van der Waals surface area contributed by atoms with Crippen LogP contribution in [0.5, 0.6) is 0 Å². The van der Waals surface area contributed by atoms with Crippen LogP contribution in [0.25, 0.3) is 0 Å². The van der Waals surface area contributed by atoms with Crippen LogP contribution in [0.2, 0.25) is 0 Å². The molecule has 7 nitrogen and oxygen atoms in total. The standard InChI is InChI=1S/C29H35F6N3O4/c1-3-37(15-19-8-6-18(7-9-19)11-25(39)40)24-5-4-10-36-23(24)16-38-17(2)26(42-27(38)41)20-12-21(28(30,31)32)14-22(13-20)29(33,34)35/h4-5,10,12,14,17-20,26H,3,6-9,11,13,15-16H2,1-2H3,(H,39,40)/t17-,18?,19?,20?,26-/m0/s1. The second kappa shape index (κ2) is 12.5. The smallest absolute Gasteiger partial charge is 0.416 e. The topological polar surface area (TPSA) is 83.0 Å². The second-order valence-electron chi connectivity index (χ2n) is 11.4. The number of anilines is 1. The molecule has 232 valence electrons. The van der Waals surface area contributed by atoms with Gasteiger partial charge in [0, 0.05) is 37.2 Å². The first-order valence-corrected chi connectivity index (χ1v) is 14.1. The Hall–Kier alpha value is -3.25. The largest absolute Gasteiger partial charge is 0.481 e. The van der Waals surface area contributed by atoms with E-state index in [0.717, 1.165) is 37.4 Å². The number of rotatable bonds is 9. The van der Waals surface area contributed by atoms with Gasteiger partial charge in [0.2, 0.25) is 0 Å². The number of halogens is 6. The maximum atomic E-state index is 13.5. The molecule has 3 atom stereocenters. The van der Waals surface area contributed by atoms with Gasteiger partial charge in [0.1, 0.15) is 6.10 Å². The summed E-state index contributed by atoms with van der Waals surface area (Å²) in [5, 5.41) is 9.08. The van der Waals surface area contributed by atoms with E-state index < -0.39 is 60.0 Å². The molecule has 1 unspecified atom stereocenters. The van der Waals surface area contributed by atoms with Crippen molar-refractivity contribution in [3.05, 3.63) is 47.3 Å². The number of carbonyl (C=O) groups is 2. The number of hydrogen-bond acceptors (Lipinski definition) is 5. The summed E-state index contributed by atoms with van der Waals surface area (Å²) in [4.78, 5) is 31.9. The van der Waals surface area contributed by atoms with Crippen molar-refractivity contribution in [2.75, 3.05) is 18.0 Å². The van der Waals surface area contributed by atoms with Crippen LogP contribution >= 0.6 is 0 Å². The van der Waals surface area contributed by atoms with Crippen LogP contribution in [-0.4, -0.2) is 64.6 Å². The summed E-state index contributed by atoms with van der Waals surface area (Å²) in [6.07, 6.45) is -6.66. The number of cyclic esters (lactones) is 1. The van der Waals surface area contributed by atoms with Crippen LogP contribution in [0, 0.1) is 17.8 Å². The van der Waals surface area contributed by atoms with Crippen molar-refractivity contribution >= 4 is 17.7 Å². The Kier molecular flexibility index (Phi) is 9.46. The van der Waals surface area contributed by atoms with Crippen molar-refractivity contribution in [1.29, 1.82) is 0 Å². The lowest BCUT2D eigenvalue weighted by Crippen LogP contribution is -2.39. The summed E-state index contributed by atoms with van der Waals surface area (Å²) < 4.78 is 86.2. The molecule has 3 aliphatic rings. The molecular formula is C29H35F6N3O4. The fraction of sp³-hybridized carbons (Fsp3) is 0.621. The maximum Gasteiger partial charge on any atom is 0.416 e. The zero-order valence-corrected chi connectivity index (χ0v) is 23.4. The highest BCUT2D eigenvalue weighted by Crippen LogP contribution is 2.43. The van der Waals surface area contributed by atoms with Gasteiger partial charge in [0.25, 0.3) is 0 Å². The normalized spacial score (nSPS) is 26.9. The van der Waals surface area contributed by atoms with Gasteiger partial charge in [-0.2, -0.15) is 26.3 Å². The third kappa shape index (κ3) is 7.38. The Bertz CT molecular complexity index is 1210. The minimum atomic E-state index is -4.98. The molecule has 4 rings (SSSR count). The van der Waals surface area contributed by atoms with Crippen LogP contribution in [-0.2, 0) is 16.1 Å². The molecule has 1 N–H and O–H groups in total. The van der Waals surface area contributed by atoms with Gasteiger partial charge in [0.15, 0.2) is 0 Å². The lowest BCUT2D eigenvalue weighted by molar-refractivity contribution is -0.138. The van der Waals surface area contributed by atoms with E-state index in [1.807, 2.05) is 13.0 Å². The number of nitrogens with zero attached hydrogens (tertiary/aromatic N) is 3. The molecule has 0 spiro atoms. The fourth-order valence-corrected chi connectivity index (χ4v) is 6.28. The van der Waals surface area contributed by atoms with Crippen LogP contribution < -0.4 is 4.90 Å². The lowest BCUT2D eigenvalue weighted by atomic mass is 9.80. The van der Waals surface area contributed by atoms with E-state index in [4.69, 9.17) is 9.84 Å². The first kappa shape index (κ1) is 31.7. The van der Waals surface area contributed by atoms with E-state index in [9.17, 15) is 35.9 Å². The minimum absolute atomic E-state index is 0.0287. The highest BCUT2D eigenvalue weighted by Gasteiger charge is 2.48. The molecule has 13 heteroatoms. The highest BCUT2D eigenvalue weighted by molar-refractivity contribution is 5.71. The minimum Gasteiger partial charge on any atom is -0.481 e. The zero-order chi connectivity index (χ0) is 30.8. The van der Waals surface area contributed by atoms with Crippen molar-refractivity contribution in [3.63, 3.8) is 0 Å². The summed E-state index contributed by atoms with van der Waals surface area (Å²) in [7, 11) is 0. The van der Waals surface area contributed by atoms with Crippen molar-refractivity contribution in [3.8, 4) is 0 Å². The summed E-state index contributed by atoms with van der Waals surface area (Å²) in [6, 6.07) is 2.82. The Balaban J connectivity index is 1.48. The first-order valence-electron chi connectivity index (χ1n) is 14.1. The molecule has 1 saturated heterocycles. The molecular weight excluding hydrogens is 568 g/mol.